The van der Waals surface area contributed by atoms with Gasteiger partial charge in [-0.05, 0) is 19.8 Å². The first-order valence-corrected chi connectivity index (χ1v) is 4.45. The maximum atomic E-state index is 5.88. The van der Waals surface area contributed by atoms with Crippen molar-refractivity contribution in [3.63, 3.8) is 0 Å². The van der Waals surface area contributed by atoms with Crippen LogP contribution in [0.25, 0.3) is 0 Å². The highest BCUT2D eigenvalue weighted by Crippen LogP contribution is 2.05. The predicted octanol–water partition coefficient (Wildman–Crippen LogP) is 2.06. The van der Waals surface area contributed by atoms with Gasteiger partial charge in [-0.15, -0.1) is 11.6 Å². The second-order valence-electron chi connectivity index (χ2n) is 2.39. The van der Waals surface area contributed by atoms with Gasteiger partial charge in [-0.3, -0.25) is 0 Å². The highest BCUT2D eigenvalue weighted by molar-refractivity contribution is 6.20. The third-order valence-corrected chi connectivity index (χ3v) is 1.70. The Morgan fingerprint density at radius 2 is 2.18 bits per heavy atom. The van der Waals surface area contributed by atoms with E-state index in [1.54, 1.807) is 7.11 Å². The molecule has 0 spiro atoms. The van der Waals surface area contributed by atoms with Crippen LogP contribution < -0.4 is 0 Å². The fourth-order valence-electron chi connectivity index (χ4n) is 0.815. The second kappa shape index (κ2) is 8.31. The highest BCUT2D eigenvalue weighted by atomic mass is 35.5. The van der Waals surface area contributed by atoms with Crippen molar-refractivity contribution in [2.75, 3.05) is 26.9 Å². The van der Waals surface area contributed by atoms with Gasteiger partial charge in [0.1, 0.15) is 0 Å². The Morgan fingerprint density at radius 3 is 2.73 bits per heavy atom. The molecule has 0 fully saturated rings. The van der Waals surface area contributed by atoms with E-state index in [0.29, 0.717) is 6.61 Å². The minimum Gasteiger partial charge on any atom is -0.383 e. The fraction of sp³-hybridized carbons (Fsp3) is 1.00. The third-order valence-electron chi connectivity index (χ3n) is 1.36. The lowest BCUT2D eigenvalue weighted by molar-refractivity contribution is 0.138. The summed E-state index contributed by atoms with van der Waals surface area (Å²) in [5, 5.41) is 0.139. The average molecular weight is 181 g/mol. The number of halogens is 1. The summed E-state index contributed by atoms with van der Waals surface area (Å²) in [4.78, 5) is 0. The number of rotatable bonds is 7. The first-order chi connectivity index (χ1) is 5.31. The number of hydrogen-bond acceptors (Lipinski definition) is 2. The van der Waals surface area contributed by atoms with Gasteiger partial charge in [0.05, 0.1) is 12.0 Å². The molecule has 2 nitrogen and oxygen atoms in total. The Balaban J connectivity index is 2.97. The Hall–Kier alpha value is 0.210. The van der Waals surface area contributed by atoms with E-state index in [1.165, 1.54) is 0 Å². The average Bonchev–Trinajstić information content (AvgIpc) is 1.99. The van der Waals surface area contributed by atoms with Gasteiger partial charge in [0, 0.05) is 20.3 Å². The topological polar surface area (TPSA) is 18.5 Å². The zero-order valence-corrected chi connectivity index (χ0v) is 8.06. The summed E-state index contributed by atoms with van der Waals surface area (Å²) in [7, 11) is 1.66. The third kappa shape index (κ3) is 8.11. The van der Waals surface area contributed by atoms with Gasteiger partial charge in [-0.25, -0.2) is 0 Å². The van der Waals surface area contributed by atoms with Crippen molar-refractivity contribution in [3.8, 4) is 0 Å². The molecule has 0 bridgehead atoms. The quantitative estimate of drug-likeness (QED) is 0.441. The molecule has 0 amide bonds. The van der Waals surface area contributed by atoms with E-state index in [1.807, 2.05) is 6.92 Å². The van der Waals surface area contributed by atoms with Crippen LogP contribution in [0.15, 0.2) is 0 Å². The molecular formula is C8H17ClO2. The van der Waals surface area contributed by atoms with Gasteiger partial charge < -0.3 is 9.47 Å². The molecule has 0 aliphatic heterocycles. The first-order valence-electron chi connectivity index (χ1n) is 4.02. The first kappa shape index (κ1) is 11.2. The lowest BCUT2D eigenvalue weighted by Crippen LogP contribution is -2.08. The van der Waals surface area contributed by atoms with Crippen LogP contribution >= 0.6 is 11.6 Å². The van der Waals surface area contributed by atoms with E-state index in [9.17, 15) is 0 Å². The van der Waals surface area contributed by atoms with E-state index < -0.39 is 0 Å². The van der Waals surface area contributed by atoms with Gasteiger partial charge in [0.15, 0.2) is 0 Å². The standard InChI is InChI=1S/C8H17ClO2/c1-3-11-6-4-5-8(9)7-10-2/h8H,3-7H2,1-2H3. The molecule has 0 aliphatic rings. The summed E-state index contributed by atoms with van der Waals surface area (Å²) in [6, 6.07) is 0. The van der Waals surface area contributed by atoms with Gasteiger partial charge in [0.25, 0.3) is 0 Å². The summed E-state index contributed by atoms with van der Waals surface area (Å²) in [5.41, 5.74) is 0. The van der Waals surface area contributed by atoms with Gasteiger partial charge >= 0.3 is 0 Å². The van der Waals surface area contributed by atoms with Crippen LogP contribution in [0.5, 0.6) is 0 Å². The van der Waals surface area contributed by atoms with Crippen molar-refractivity contribution in [2.24, 2.45) is 0 Å². The smallest absolute Gasteiger partial charge is 0.0626 e. The SMILES string of the molecule is CCOCCCC(Cl)COC. The van der Waals surface area contributed by atoms with Gasteiger partial charge in [-0.2, -0.15) is 0 Å². The van der Waals surface area contributed by atoms with Crippen LogP contribution in [0.3, 0.4) is 0 Å². The lowest BCUT2D eigenvalue weighted by Gasteiger charge is -2.06. The van der Waals surface area contributed by atoms with E-state index in [2.05, 4.69) is 0 Å². The molecule has 1 atom stereocenters. The van der Waals surface area contributed by atoms with Crippen molar-refractivity contribution in [3.05, 3.63) is 0 Å². The molecule has 11 heavy (non-hydrogen) atoms. The van der Waals surface area contributed by atoms with Crippen molar-refractivity contribution in [2.45, 2.75) is 25.1 Å². The Labute approximate surface area is 73.8 Å². The predicted molar refractivity (Wildman–Crippen MR) is 47.2 cm³/mol. The highest BCUT2D eigenvalue weighted by Gasteiger charge is 2.02. The van der Waals surface area contributed by atoms with Crippen molar-refractivity contribution in [1.29, 1.82) is 0 Å². The molecule has 3 heteroatoms. The molecule has 0 aliphatic carbocycles. The Kier molecular flexibility index (Phi) is 8.47. The second-order valence-corrected chi connectivity index (χ2v) is 3.01. The van der Waals surface area contributed by atoms with E-state index >= 15 is 0 Å². The van der Waals surface area contributed by atoms with Crippen molar-refractivity contribution < 1.29 is 9.47 Å². The van der Waals surface area contributed by atoms with Crippen LogP contribution in [0.4, 0.5) is 0 Å². The van der Waals surface area contributed by atoms with Crippen molar-refractivity contribution in [1.82, 2.24) is 0 Å². The van der Waals surface area contributed by atoms with E-state index in [-0.39, 0.29) is 5.38 Å². The Morgan fingerprint density at radius 1 is 1.45 bits per heavy atom. The minimum absolute atomic E-state index is 0.139. The van der Waals surface area contributed by atoms with Crippen LogP contribution in [-0.4, -0.2) is 32.3 Å². The minimum atomic E-state index is 0.139. The van der Waals surface area contributed by atoms with Gasteiger partial charge in [-0.1, -0.05) is 0 Å². The molecule has 0 saturated heterocycles. The normalized spacial score (nSPS) is 13.4. The summed E-state index contributed by atoms with van der Waals surface area (Å²) >= 11 is 5.88. The molecule has 0 saturated carbocycles. The summed E-state index contributed by atoms with van der Waals surface area (Å²) in [6.07, 6.45) is 1.99. The Bertz CT molecular complexity index is 78.5. The molecule has 0 aromatic rings. The molecule has 0 aromatic heterocycles. The number of ether oxygens (including phenoxy) is 2. The zero-order valence-electron chi connectivity index (χ0n) is 7.31. The summed E-state index contributed by atoms with van der Waals surface area (Å²) in [6.45, 7) is 4.22. The molecule has 0 aromatic carbocycles. The van der Waals surface area contributed by atoms with Crippen LogP contribution in [0.2, 0.25) is 0 Å². The number of alkyl halides is 1. The van der Waals surface area contributed by atoms with E-state index in [4.69, 9.17) is 21.1 Å². The number of methoxy groups -OCH3 is 1. The molecule has 0 rings (SSSR count). The lowest BCUT2D eigenvalue weighted by atomic mass is 10.2. The molecule has 0 radical (unpaired) electrons. The van der Waals surface area contributed by atoms with Crippen LogP contribution in [0.1, 0.15) is 19.8 Å². The maximum Gasteiger partial charge on any atom is 0.0626 e. The summed E-state index contributed by atoms with van der Waals surface area (Å²) < 4.78 is 10.1. The van der Waals surface area contributed by atoms with Crippen LogP contribution in [0, 0.1) is 0 Å². The largest absolute Gasteiger partial charge is 0.383 e. The number of hydrogen-bond donors (Lipinski definition) is 0. The van der Waals surface area contributed by atoms with Crippen LogP contribution in [-0.2, 0) is 9.47 Å². The molecule has 68 valence electrons. The van der Waals surface area contributed by atoms with Gasteiger partial charge in [0.2, 0.25) is 0 Å². The molecular weight excluding hydrogens is 164 g/mol. The molecule has 1 unspecified atom stereocenters. The fourth-order valence-corrected chi connectivity index (χ4v) is 1.10. The molecule has 0 heterocycles. The maximum absolute atomic E-state index is 5.88. The molecule has 0 N–H and O–H groups in total. The van der Waals surface area contributed by atoms with E-state index in [0.717, 1.165) is 26.1 Å². The summed E-state index contributed by atoms with van der Waals surface area (Å²) in [5.74, 6) is 0. The zero-order chi connectivity index (χ0) is 8.53. The van der Waals surface area contributed by atoms with Crippen molar-refractivity contribution >= 4 is 11.6 Å². The monoisotopic (exact) mass is 180 g/mol.